The second-order valence-electron chi connectivity index (χ2n) is 4.72. The number of benzene rings is 1. The Hall–Kier alpha value is -1.47. The maximum absolute atomic E-state index is 12.1. The number of carbonyl (C=O) groups is 1. The highest BCUT2D eigenvalue weighted by Crippen LogP contribution is 2.23. The normalized spacial score (nSPS) is 11.5. The van der Waals surface area contributed by atoms with Crippen molar-refractivity contribution in [2.45, 2.75) is 38.6 Å². The molecule has 22 heavy (non-hydrogen) atoms. The van der Waals surface area contributed by atoms with Gasteiger partial charge in [-0.3, -0.25) is 4.79 Å². The number of hydrogen-bond acceptors (Lipinski definition) is 3. The minimum Gasteiger partial charge on any atom is -0.406 e. The molecule has 4 nitrogen and oxygen atoms in total. The van der Waals surface area contributed by atoms with Gasteiger partial charge in [-0.25, -0.2) is 0 Å². The second-order valence-corrected chi connectivity index (χ2v) is 4.72. The molecule has 1 aromatic rings. The van der Waals surface area contributed by atoms with E-state index < -0.39 is 11.9 Å². The average molecular weight is 341 g/mol. The Bertz CT molecular complexity index is 466. The highest BCUT2D eigenvalue weighted by atomic mass is 35.5. The van der Waals surface area contributed by atoms with Crippen LogP contribution in [0.1, 0.15) is 37.0 Å². The zero-order valence-electron chi connectivity index (χ0n) is 12.4. The topological polar surface area (TPSA) is 64.3 Å². The van der Waals surface area contributed by atoms with Crippen LogP contribution in [0.3, 0.4) is 0 Å². The first kappa shape index (κ1) is 20.5. The van der Waals surface area contributed by atoms with Gasteiger partial charge < -0.3 is 15.8 Å². The molecule has 0 aliphatic carbocycles. The van der Waals surface area contributed by atoms with Crippen molar-refractivity contribution in [3.05, 3.63) is 29.8 Å². The first-order chi connectivity index (χ1) is 9.75. The Morgan fingerprint density at radius 2 is 1.68 bits per heavy atom. The smallest absolute Gasteiger partial charge is 0.406 e. The van der Waals surface area contributed by atoms with E-state index in [9.17, 15) is 18.0 Å². The third kappa shape index (κ3) is 5.73. The lowest BCUT2D eigenvalue weighted by atomic mass is 9.92. The number of rotatable bonds is 6. The van der Waals surface area contributed by atoms with E-state index in [1.54, 1.807) is 0 Å². The number of alkyl halides is 3. The lowest BCUT2D eigenvalue weighted by Crippen LogP contribution is -2.52. The summed E-state index contributed by atoms with van der Waals surface area (Å²) >= 11 is 0. The standard InChI is InChI=1S/C14H19F3N2O2.ClH/c1-3-13(4-2,9-18)19-12(20)10-5-7-11(8-6-10)21-14(15,16)17;/h5-8H,3-4,9,18H2,1-2H3,(H,19,20);1H. The Labute approximate surface area is 133 Å². The van der Waals surface area contributed by atoms with Gasteiger partial charge in [-0.05, 0) is 37.1 Å². The number of ether oxygens (including phenoxy) is 1. The van der Waals surface area contributed by atoms with Crippen molar-refractivity contribution in [2.75, 3.05) is 6.54 Å². The fourth-order valence-corrected chi connectivity index (χ4v) is 1.89. The van der Waals surface area contributed by atoms with Crippen LogP contribution < -0.4 is 15.8 Å². The monoisotopic (exact) mass is 340 g/mol. The lowest BCUT2D eigenvalue weighted by molar-refractivity contribution is -0.274. The molecule has 0 fully saturated rings. The van der Waals surface area contributed by atoms with E-state index >= 15 is 0 Å². The maximum atomic E-state index is 12.1. The molecular formula is C14H20ClF3N2O2. The van der Waals surface area contributed by atoms with Gasteiger partial charge in [0.05, 0.1) is 5.54 Å². The van der Waals surface area contributed by atoms with Crippen molar-refractivity contribution in [3.8, 4) is 5.75 Å². The molecule has 0 aliphatic heterocycles. The molecule has 0 radical (unpaired) electrons. The lowest BCUT2D eigenvalue weighted by Gasteiger charge is -2.31. The van der Waals surface area contributed by atoms with Gasteiger partial charge in [0.25, 0.3) is 5.91 Å². The molecule has 0 bridgehead atoms. The van der Waals surface area contributed by atoms with Gasteiger partial charge in [0.15, 0.2) is 0 Å². The largest absolute Gasteiger partial charge is 0.573 e. The van der Waals surface area contributed by atoms with Crippen LogP contribution in [-0.4, -0.2) is 24.4 Å². The molecule has 0 spiro atoms. The summed E-state index contributed by atoms with van der Waals surface area (Å²) in [6.45, 7) is 4.12. The van der Waals surface area contributed by atoms with E-state index in [4.69, 9.17) is 5.73 Å². The Morgan fingerprint density at radius 3 is 2.05 bits per heavy atom. The third-order valence-electron chi connectivity index (χ3n) is 3.47. The van der Waals surface area contributed by atoms with Crippen LogP contribution in [0.15, 0.2) is 24.3 Å². The fourth-order valence-electron chi connectivity index (χ4n) is 1.89. The molecule has 0 heterocycles. The molecule has 3 N–H and O–H groups in total. The van der Waals surface area contributed by atoms with Crippen LogP contribution in [0.2, 0.25) is 0 Å². The van der Waals surface area contributed by atoms with E-state index in [-0.39, 0.29) is 29.6 Å². The summed E-state index contributed by atoms with van der Waals surface area (Å²) in [5.41, 5.74) is 5.44. The summed E-state index contributed by atoms with van der Waals surface area (Å²) in [7, 11) is 0. The zero-order valence-corrected chi connectivity index (χ0v) is 13.2. The number of carbonyl (C=O) groups excluding carboxylic acids is 1. The van der Waals surface area contributed by atoms with Crippen molar-refractivity contribution >= 4 is 18.3 Å². The summed E-state index contributed by atoms with van der Waals surface area (Å²) in [5.74, 6) is -0.738. The van der Waals surface area contributed by atoms with Crippen molar-refractivity contribution in [1.29, 1.82) is 0 Å². The highest BCUT2D eigenvalue weighted by molar-refractivity contribution is 5.94. The third-order valence-corrected chi connectivity index (χ3v) is 3.47. The van der Waals surface area contributed by atoms with Gasteiger partial charge >= 0.3 is 6.36 Å². The van der Waals surface area contributed by atoms with Gasteiger partial charge in [0.2, 0.25) is 0 Å². The molecule has 126 valence electrons. The Morgan fingerprint density at radius 1 is 1.18 bits per heavy atom. The minimum atomic E-state index is -4.75. The predicted molar refractivity (Wildman–Crippen MR) is 80.2 cm³/mol. The second kappa shape index (κ2) is 8.24. The van der Waals surface area contributed by atoms with Gasteiger partial charge in [-0.15, -0.1) is 25.6 Å². The number of nitrogens with one attached hydrogen (secondary N) is 1. The van der Waals surface area contributed by atoms with E-state index in [1.165, 1.54) is 12.1 Å². The summed E-state index contributed by atoms with van der Waals surface area (Å²) in [6.07, 6.45) is -3.41. The summed E-state index contributed by atoms with van der Waals surface area (Å²) in [4.78, 5) is 12.1. The molecule has 8 heteroatoms. The van der Waals surface area contributed by atoms with E-state index in [0.29, 0.717) is 19.4 Å². The molecular weight excluding hydrogens is 321 g/mol. The van der Waals surface area contributed by atoms with E-state index in [2.05, 4.69) is 10.1 Å². The fraction of sp³-hybridized carbons (Fsp3) is 0.500. The molecule has 0 atom stereocenters. The molecule has 0 unspecified atom stereocenters. The Balaban J connectivity index is 0.00000441. The average Bonchev–Trinajstić information content (AvgIpc) is 2.44. The molecule has 0 saturated heterocycles. The number of nitrogens with two attached hydrogens (primary N) is 1. The number of halogens is 4. The number of hydrogen-bond donors (Lipinski definition) is 2. The summed E-state index contributed by atoms with van der Waals surface area (Å²) in [5, 5.41) is 2.84. The molecule has 0 aromatic heterocycles. The first-order valence-corrected chi connectivity index (χ1v) is 6.63. The quantitative estimate of drug-likeness (QED) is 0.835. The van der Waals surface area contributed by atoms with Gasteiger partial charge in [-0.1, -0.05) is 13.8 Å². The van der Waals surface area contributed by atoms with Gasteiger partial charge in [-0.2, -0.15) is 0 Å². The van der Waals surface area contributed by atoms with Crippen molar-refractivity contribution in [1.82, 2.24) is 5.32 Å². The Kier molecular flexibility index (Phi) is 7.69. The van der Waals surface area contributed by atoms with Crippen molar-refractivity contribution < 1.29 is 22.7 Å². The van der Waals surface area contributed by atoms with Crippen LogP contribution in [0, 0.1) is 0 Å². The zero-order chi connectivity index (χ0) is 16.1. The molecule has 1 rings (SSSR count). The van der Waals surface area contributed by atoms with Crippen molar-refractivity contribution in [2.24, 2.45) is 5.73 Å². The van der Waals surface area contributed by atoms with Crippen LogP contribution in [-0.2, 0) is 0 Å². The van der Waals surface area contributed by atoms with Crippen LogP contribution in [0.25, 0.3) is 0 Å². The van der Waals surface area contributed by atoms with Crippen LogP contribution in [0.5, 0.6) is 5.75 Å². The summed E-state index contributed by atoms with van der Waals surface area (Å²) < 4.78 is 39.9. The maximum Gasteiger partial charge on any atom is 0.573 e. The van der Waals surface area contributed by atoms with E-state index in [1.807, 2.05) is 13.8 Å². The highest BCUT2D eigenvalue weighted by Gasteiger charge is 2.31. The number of amides is 1. The predicted octanol–water partition coefficient (Wildman–Crippen LogP) is 3.25. The van der Waals surface area contributed by atoms with Crippen LogP contribution in [0.4, 0.5) is 13.2 Å². The van der Waals surface area contributed by atoms with E-state index in [0.717, 1.165) is 12.1 Å². The van der Waals surface area contributed by atoms with Gasteiger partial charge in [0.1, 0.15) is 5.75 Å². The molecule has 1 amide bonds. The minimum absolute atomic E-state index is 0. The van der Waals surface area contributed by atoms with Gasteiger partial charge in [0, 0.05) is 12.1 Å². The van der Waals surface area contributed by atoms with Crippen molar-refractivity contribution in [3.63, 3.8) is 0 Å². The van der Waals surface area contributed by atoms with Crippen LogP contribution >= 0.6 is 12.4 Å². The first-order valence-electron chi connectivity index (χ1n) is 6.63. The summed E-state index contributed by atoms with van der Waals surface area (Å²) in [6, 6.07) is 4.76. The molecule has 0 saturated carbocycles. The molecule has 1 aromatic carbocycles. The SMILES string of the molecule is CCC(CC)(CN)NC(=O)c1ccc(OC(F)(F)F)cc1.Cl. The molecule has 0 aliphatic rings.